The molecule has 0 atom stereocenters. The molecule has 0 aliphatic carbocycles. The Morgan fingerprint density at radius 2 is 2.36 bits per heavy atom. The van der Waals surface area contributed by atoms with Crippen LogP contribution in [0.5, 0.6) is 0 Å². The van der Waals surface area contributed by atoms with Gasteiger partial charge in [0.2, 0.25) is 0 Å². The molecule has 0 aliphatic rings. The van der Waals surface area contributed by atoms with Crippen LogP contribution in [0, 0.1) is 0 Å². The summed E-state index contributed by atoms with van der Waals surface area (Å²) in [6, 6.07) is 0. The van der Waals surface area contributed by atoms with Crippen LogP contribution in [0.25, 0.3) is 0 Å². The Kier molecular flexibility index (Phi) is 6.53. The van der Waals surface area contributed by atoms with Crippen molar-refractivity contribution >= 4 is 11.8 Å². The SMILES string of the molecule is CSCCCCNCCc1ncc[nH]1. The summed E-state index contributed by atoms with van der Waals surface area (Å²) in [5.41, 5.74) is 0. The minimum absolute atomic E-state index is 0.996. The van der Waals surface area contributed by atoms with Crippen molar-refractivity contribution in [2.75, 3.05) is 25.1 Å². The van der Waals surface area contributed by atoms with Gasteiger partial charge in [0.1, 0.15) is 5.82 Å². The third kappa shape index (κ3) is 5.29. The average molecular weight is 213 g/mol. The van der Waals surface area contributed by atoms with Gasteiger partial charge in [-0.1, -0.05) is 0 Å². The number of hydrogen-bond acceptors (Lipinski definition) is 3. The summed E-state index contributed by atoms with van der Waals surface area (Å²) in [5.74, 6) is 2.35. The molecule has 80 valence electrons. The molecule has 0 bridgehead atoms. The Morgan fingerprint density at radius 3 is 3.07 bits per heavy atom. The monoisotopic (exact) mass is 213 g/mol. The summed E-state index contributed by atoms with van der Waals surface area (Å²) < 4.78 is 0. The van der Waals surface area contributed by atoms with Crippen LogP contribution in [-0.4, -0.2) is 35.1 Å². The highest BCUT2D eigenvalue weighted by atomic mass is 32.2. The quantitative estimate of drug-likeness (QED) is 0.646. The van der Waals surface area contributed by atoms with Crippen LogP contribution in [-0.2, 0) is 6.42 Å². The number of aromatic amines is 1. The van der Waals surface area contributed by atoms with Crippen molar-refractivity contribution in [3.8, 4) is 0 Å². The van der Waals surface area contributed by atoms with E-state index in [0.717, 1.165) is 25.3 Å². The van der Waals surface area contributed by atoms with Crippen molar-refractivity contribution in [2.24, 2.45) is 0 Å². The van der Waals surface area contributed by atoms with Crippen molar-refractivity contribution in [3.63, 3.8) is 0 Å². The summed E-state index contributed by atoms with van der Waals surface area (Å²) in [6.07, 6.45) is 9.41. The lowest BCUT2D eigenvalue weighted by molar-refractivity contribution is 0.635. The first-order valence-corrected chi connectivity index (χ1v) is 6.51. The van der Waals surface area contributed by atoms with Crippen LogP contribution in [0.1, 0.15) is 18.7 Å². The molecular weight excluding hydrogens is 194 g/mol. The molecule has 3 nitrogen and oxygen atoms in total. The Bertz CT molecular complexity index is 211. The number of nitrogens with one attached hydrogen (secondary N) is 2. The fraction of sp³-hybridized carbons (Fsp3) is 0.700. The third-order valence-electron chi connectivity index (χ3n) is 2.05. The third-order valence-corrected chi connectivity index (χ3v) is 2.74. The number of imidazole rings is 1. The van der Waals surface area contributed by atoms with Crippen molar-refractivity contribution in [1.82, 2.24) is 15.3 Å². The van der Waals surface area contributed by atoms with Crippen LogP contribution in [0.15, 0.2) is 12.4 Å². The number of unbranched alkanes of at least 4 members (excludes halogenated alkanes) is 1. The molecular formula is C10H19N3S. The highest BCUT2D eigenvalue weighted by molar-refractivity contribution is 7.98. The predicted octanol–water partition coefficient (Wildman–Crippen LogP) is 1.68. The van der Waals surface area contributed by atoms with Gasteiger partial charge in [0.15, 0.2) is 0 Å². The van der Waals surface area contributed by atoms with E-state index >= 15 is 0 Å². The second-order valence-electron chi connectivity index (χ2n) is 3.24. The topological polar surface area (TPSA) is 40.7 Å². The second kappa shape index (κ2) is 7.88. The number of thioether (sulfide) groups is 1. The van der Waals surface area contributed by atoms with Crippen LogP contribution in [0.4, 0.5) is 0 Å². The van der Waals surface area contributed by atoms with Gasteiger partial charge in [0.25, 0.3) is 0 Å². The molecule has 0 unspecified atom stereocenters. The van der Waals surface area contributed by atoms with Crippen LogP contribution in [0.3, 0.4) is 0 Å². The van der Waals surface area contributed by atoms with Gasteiger partial charge in [0, 0.05) is 25.4 Å². The molecule has 2 N–H and O–H groups in total. The van der Waals surface area contributed by atoms with E-state index in [4.69, 9.17) is 0 Å². The maximum atomic E-state index is 4.16. The number of hydrogen-bond donors (Lipinski definition) is 2. The Balaban J connectivity index is 1.85. The summed E-state index contributed by atoms with van der Waals surface area (Å²) in [4.78, 5) is 7.26. The first kappa shape index (κ1) is 11.6. The standard InChI is InChI=1S/C10H19N3S/c1-14-9-3-2-5-11-6-4-10-12-7-8-13-10/h7-8,11H,2-6,9H2,1H3,(H,12,13). The molecule has 4 heteroatoms. The zero-order valence-corrected chi connectivity index (χ0v) is 9.57. The molecule has 0 radical (unpaired) electrons. The van der Waals surface area contributed by atoms with E-state index in [0.29, 0.717) is 0 Å². The lowest BCUT2D eigenvalue weighted by Crippen LogP contribution is -2.19. The number of H-pyrrole nitrogens is 1. The van der Waals surface area contributed by atoms with Crippen LogP contribution < -0.4 is 5.32 Å². The first-order chi connectivity index (χ1) is 6.93. The second-order valence-corrected chi connectivity index (χ2v) is 4.22. The van der Waals surface area contributed by atoms with Crippen LogP contribution >= 0.6 is 11.8 Å². The van der Waals surface area contributed by atoms with Crippen molar-refractivity contribution in [3.05, 3.63) is 18.2 Å². The van der Waals surface area contributed by atoms with E-state index in [1.54, 1.807) is 6.20 Å². The minimum Gasteiger partial charge on any atom is -0.349 e. The van der Waals surface area contributed by atoms with E-state index in [9.17, 15) is 0 Å². The van der Waals surface area contributed by atoms with Gasteiger partial charge in [-0.25, -0.2) is 4.98 Å². The molecule has 0 spiro atoms. The largest absolute Gasteiger partial charge is 0.349 e. The predicted molar refractivity (Wildman–Crippen MR) is 62.8 cm³/mol. The first-order valence-electron chi connectivity index (χ1n) is 5.11. The normalized spacial score (nSPS) is 10.6. The zero-order chi connectivity index (χ0) is 10.1. The highest BCUT2D eigenvalue weighted by Crippen LogP contribution is 1.97. The van der Waals surface area contributed by atoms with Gasteiger partial charge < -0.3 is 10.3 Å². The maximum absolute atomic E-state index is 4.16. The molecule has 1 aromatic heterocycles. The summed E-state index contributed by atoms with van der Waals surface area (Å²) in [6.45, 7) is 2.15. The molecule has 0 aliphatic heterocycles. The molecule has 1 rings (SSSR count). The van der Waals surface area contributed by atoms with Crippen molar-refractivity contribution in [2.45, 2.75) is 19.3 Å². The summed E-state index contributed by atoms with van der Waals surface area (Å²) in [7, 11) is 0. The molecule has 0 aromatic carbocycles. The Hall–Kier alpha value is -0.480. The van der Waals surface area contributed by atoms with E-state index < -0.39 is 0 Å². The van der Waals surface area contributed by atoms with Gasteiger partial charge in [-0.2, -0.15) is 11.8 Å². The molecule has 0 saturated heterocycles. The molecule has 1 aromatic rings. The van der Waals surface area contributed by atoms with E-state index in [1.165, 1.54) is 18.6 Å². The lowest BCUT2D eigenvalue weighted by Gasteiger charge is -2.02. The molecule has 14 heavy (non-hydrogen) atoms. The average Bonchev–Trinajstić information content (AvgIpc) is 2.69. The molecule has 0 saturated carbocycles. The minimum atomic E-state index is 0.996. The van der Waals surface area contributed by atoms with Gasteiger partial charge >= 0.3 is 0 Å². The number of aromatic nitrogens is 2. The van der Waals surface area contributed by atoms with Crippen molar-refractivity contribution < 1.29 is 0 Å². The lowest BCUT2D eigenvalue weighted by atomic mass is 10.3. The Morgan fingerprint density at radius 1 is 1.43 bits per heavy atom. The summed E-state index contributed by atoms with van der Waals surface area (Å²) in [5, 5.41) is 3.41. The van der Waals surface area contributed by atoms with Gasteiger partial charge in [0.05, 0.1) is 0 Å². The molecule has 1 heterocycles. The summed E-state index contributed by atoms with van der Waals surface area (Å²) >= 11 is 1.92. The van der Waals surface area contributed by atoms with E-state index in [2.05, 4.69) is 21.5 Å². The maximum Gasteiger partial charge on any atom is 0.107 e. The van der Waals surface area contributed by atoms with Gasteiger partial charge in [-0.05, 0) is 31.4 Å². The highest BCUT2D eigenvalue weighted by Gasteiger charge is 1.93. The fourth-order valence-electron chi connectivity index (χ4n) is 1.26. The zero-order valence-electron chi connectivity index (χ0n) is 8.75. The fourth-order valence-corrected chi connectivity index (χ4v) is 1.76. The van der Waals surface area contributed by atoms with Gasteiger partial charge in [-0.3, -0.25) is 0 Å². The number of rotatable bonds is 8. The Labute approximate surface area is 90.1 Å². The van der Waals surface area contributed by atoms with Crippen molar-refractivity contribution in [1.29, 1.82) is 0 Å². The van der Waals surface area contributed by atoms with E-state index in [-0.39, 0.29) is 0 Å². The van der Waals surface area contributed by atoms with Gasteiger partial charge in [-0.15, -0.1) is 0 Å². The molecule has 0 amide bonds. The smallest absolute Gasteiger partial charge is 0.107 e. The molecule has 0 fully saturated rings. The van der Waals surface area contributed by atoms with E-state index in [1.807, 2.05) is 18.0 Å². The number of nitrogens with zero attached hydrogens (tertiary/aromatic N) is 1. The van der Waals surface area contributed by atoms with Crippen LogP contribution in [0.2, 0.25) is 0 Å².